The minimum absolute atomic E-state index is 0.169. The number of pyridine rings is 3. The number of rotatable bonds is 4. The van der Waals surface area contributed by atoms with Gasteiger partial charge in [-0.1, -0.05) is 0 Å². The summed E-state index contributed by atoms with van der Waals surface area (Å²) in [6.07, 6.45) is 4.93. The smallest absolute Gasteiger partial charge is 0.162 e. The van der Waals surface area contributed by atoms with Crippen molar-refractivity contribution in [3.63, 3.8) is 0 Å². The van der Waals surface area contributed by atoms with Crippen molar-refractivity contribution in [1.82, 2.24) is 35.1 Å². The molecule has 0 aliphatic carbocycles. The van der Waals surface area contributed by atoms with Crippen LogP contribution in [-0.4, -0.2) is 47.3 Å². The number of benzene rings is 1. The highest BCUT2D eigenvalue weighted by Gasteiger charge is 2.18. The number of hydrogen-bond donors (Lipinski definition) is 3. The molecule has 0 aliphatic heterocycles. The zero-order chi connectivity index (χ0) is 23.2. The summed E-state index contributed by atoms with van der Waals surface area (Å²) in [6, 6.07) is 11.2. The zero-order valence-electron chi connectivity index (χ0n) is 17.7. The van der Waals surface area contributed by atoms with Gasteiger partial charge >= 0.3 is 0 Å². The van der Waals surface area contributed by atoms with Crippen LogP contribution in [0.2, 0.25) is 0 Å². The maximum Gasteiger partial charge on any atom is 0.162 e. The third-order valence-corrected chi connectivity index (χ3v) is 5.45. The van der Waals surface area contributed by atoms with E-state index in [0.717, 1.165) is 17.1 Å². The summed E-state index contributed by atoms with van der Waals surface area (Å²) in [6.45, 7) is 0. The molecule has 5 aromatic heterocycles. The molecule has 6 rings (SSSR count). The van der Waals surface area contributed by atoms with Crippen molar-refractivity contribution in [3.05, 3.63) is 66.9 Å². The number of aromatic nitrogens is 7. The summed E-state index contributed by atoms with van der Waals surface area (Å²) >= 11 is 0. The van der Waals surface area contributed by atoms with Crippen LogP contribution in [0.1, 0.15) is 0 Å². The van der Waals surface area contributed by atoms with Crippen molar-refractivity contribution in [2.75, 3.05) is 7.11 Å². The monoisotopic (exact) mass is 453 g/mol. The Morgan fingerprint density at radius 2 is 1.88 bits per heavy atom. The second kappa shape index (κ2) is 7.62. The molecule has 3 N–H and O–H groups in total. The molecule has 0 saturated heterocycles. The van der Waals surface area contributed by atoms with Gasteiger partial charge in [0.25, 0.3) is 0 Å². The van der Waals surface area contributed by atoms with Gasteiger partial charge in [-0.15, -0.1) is 0 Å². The van der Waals surface area contributed by atoms with Gasteiger partial charge in [0, 0.05) is 29.6 Å². The van der Waals surface area contributed by atoms with E-state index in [2.05, 4.69) is 25.1 Å². The first-order valence-corrected chi connectivity index (χ1v) is 10.3. The molecule has 0 saturated carbocycles. The molecule has 1 aromatic carbocycles. The van der Waals surface area contributed by atoms with Crippen LogP contribution in [0.5, 0.6) is 11.5 Å². The molecule has 6 aromatic rings. The number of aromatic amines is 2. The SMILES string of the molecule is COc1cncc(-c2ccc3[nH]nc(-c4nc5c(-c6cc(O)cc(F)c6)ccnc5[nH]4)c3n2)c1. The zero-order valence-corrected chi connectivity index (χ0v) is 17.7. The van der Waals surface area contributed by atoms with Crippen molar-refractivity contribution >= 4 is 22.2 Å². The molecule has 34 heavy (non-hydrogen) atoms. The summed E-state index contributed by atoms with van der Waals surface area (Å²) < 4.78 is 19.2. The number of methoxy groups -OCH3 is 1. The first-order valence-electron chi connectivity index (χ1n) is 10.3. The topological polar surface area (TPSA) is 125 Å². The van der Waals surface area contributed by atoms with Crippen LogP contribution in [0, 0.1) is 5.82 Å². The van der Waals surface area contributed by atoms with Crippen molar-refractivity contribution < 1.29 is 14.2 Å². The molecule has 10 heteroatoms. The molecule has 166 valence electrons. The van der Waals surface area contributed by atoms with Gasteiger partial charge in [-0.05, 0) is 42.0 Å². The quantitative estimate of drug-likeness (QED) is 0.359. The number of fused-ring (bicyclic) bond motifs is 2. The normalized spacial score (nSPS) is 11.4. The van der Waals surface area contributed by atoms with Gasteiger partial charge in [-0.3, -0.25) is 10.1 Å². The molecule has 0 fully saturated rings. The molecule has 0 amide bonds. The molecule has 0 aliphatic rings. The highest BCUT2D eigenvalue weighted by atomic mass is 19.1. The molecule has 0 atom stereocenters. The number of halogens is 1. The number of ether oxygens (including phenoxy) is 1. The fraction of sp³-hybridized carbons (Fsp3) is 0.0417. The molecular formula is C24H16FN7O2. The highest BCUT2D eigenvalue weighted by Crippen LogP contribution is 2.32. The highest BCUT2D eigenvalue weighted by molar-refractivity contribution is 5.95. The number of nitrogens with zero attached hydrogens (tertiary/aromatic N) is 5. The van der Waals surface area contributed by atoms with Gasteiger partial charge in [-0.25, -0.2) is 19.3 Å². The van der Waals surface area contributed by atoms with Gasteiger partial charge < -0.3 is 14.8 Å². The number of nitrogens with one attached hydrogen (secondary N) is 2. The van der Waals surface area contributed by atoms with Crippen molar-refractivity contribution in [2.45, 2.75) is 0 Å². The summed E-state index contributed by atoms with van der Waals surface area (Å²) in [5.74, 6) is 0.372. The number of H-pyrrole nitrogens is 2. The Morgan fingerprint density at radius 3 is 2.74 bits per heavy atom. The van der Waals surface area contributed by atoms with E-state index in [0.29, 0.717) is 50.8 Å². The van der Waals surface area contributed by atoms with Crippen LogP contribution in [0.25, 0.3) is 56.1 Å². The van der Waals surface area contributed by atoms with E-state index in [-0.39, 0.29) is 5.75 Å². The summed E-state index contributed by atoms with van der Waals surface area (Å²) in [7, 11) is 1.58. The second-order valence-electron chi connectivity index (χ2n) is 7.62. The lowest BCUT2D eigenvalue weighted by Crippen LogP contribution is -1.89. The Bertz CT molecular complexity index is 1670. The maximum atomic E-state index is 13.9. The minimum Gasteiger partial charge on any atom is -0.508 e. The molecular weight excluding hydrogens is 437 g/mol. The maximum absolute atomic E-state index is 13.9. The van der Waals surface area contributed by atoms with Gasteiger partial charge in [0.2, 0.25) is 0 Å². The van der Waals surface area contributed by atoms with E-state index < -0.39 is 5.82 Å². The molecule has 0 spiro atoms. The Hall–Kier alpha value is -4.86. The molecule has 0 radical (unpaired) electrons. The van der Waals surface area contributed by atoms with E-state index >= 15 is 0 Å². The Balaban J connectivity index is 1.49. The van der Waals surface area contributed by atoms with Gasteiger partial charge in [0.05, 0.1) is 24.5 Å². The Morgan fingerprint density at radius 1 is 0.971 bits per heavy atom. The van der Waals surface area contributed by atoms with E-state index in [4.69, 9.17) is 14.7 Å². The lowest BCUT2D eigenvalue weighted by atomic mass is 10.1. The minimum atomic E-state index is -0.544. The predicted molar refractivity (Wildman–Crippen MR) is 124 cm³/mol. The largest absolute Gasteiger partial charge is 0.508 e. The fourth-order valence-electron chi connectivity index (χ4n) is 3.88. The number of aromatic hydroxyl groups is 1. The second-order valence-corrected chi connectivity index (χ2v) is 7.62. The first kappa shape index (κ1) is 19.8. The van der Waals surface area contributed by atoms with Gasteiger partial charge in [0.15, 0.2) is 17.2 Å². The molecule has 0 unspecified atom stereocenters. The third-order valence-electron chi connectivity index (χ3n) is 5.45. The fourth-order valence-corrected chi connectivity index (χ4v) is 3.88. The summed E-state index contributed by atoms with van der Waals surface area (Å²) in [5, 5.41) is 17.2. The Kier molecular flexibility index (Phi) is 4.44. The predicted octanol–water partition coefficient (Wildman–Crippen LogP) is 4.48. The van der Waals surface area contributed by atoms with E-state index in [1.54, 1.807) is 31.8 Å². The van der Waals surface area contributed by atoms with Crippen LogP contribution in [0.15, 0.2) is 61.1 Å². The Labute approximate surface area is 191 Å². The van der Waals surface area contributed by atoms with Crippen molar-refractivity contribution in [1.29, 1.82) is 0 Å². The van der Waals surface area contributed by atoms with Gasteiger partial charge in [0.1, 0.15) is 28.3 Å². The van der Waals surface area contributed by atoms with Crippen molar-refractivity contribution in [2.24, 2.45) is 0 Å². The van der Waals surface area contributed by atoms with Crippen molar-refractivity contribution in [3.8, 4) is 45.4 Å². The van der Waals surface area contributed by atoms with Crippen LogP contribution in [0.3, 0.4) is 0 Å². The van der Waals surface area contributed by atoms with Gasteiger partial charge in [-0.2, -0.15) is 5.10 Å². The molecule has 0 bridgehead atoms. The summed E-state index contributed by atoms with van der Waals surface area (Å²) in [5.41, 5.74) is 5.49. The lowest BCUT2D eigenvalue weighted by molar-refractivity contribution is 0.413. The van der Waals surface area contributed by atoms with E-state index in [1.165, 1.54) is 12.1 Å². The molecule has 5 heterocycles. The number of phenols is 1. The lowest BCUT2D eigenvalue weighted by Gasteiger charge is -2.04. The van der Waals surface area contributed by atoms with Crippen LogP contribution in [-0.2, 0) is 0 Å². The number of phenolic OH excluding ortho intramolecular Hbond substituents is 1. The van der Waals surface area contributed by atoms with Crippen LogP contribution in [0.4, 0.5) is 4.39 Å². The summed E-state index contributed by atoms with van der Waals surface area (Å²) in [4.78, 5) is 21.2. The molecule has 9 nitrogen and oxygen atoms in total. The standard InChI is InChI=1S/C24H16FN7O2/c1-34-16-8-13(10-26-11-16)18-2-3-19-21(28-18)22(32-31-19)24-29-20-17(4-5-27-23(20)30-24)12-6-14(25)9-15(33)7-12/h2-11,33H,1H3,(H,31,32)(H,27,29,30). The first-order chi connectivity index (χ1) is 16.6. The number of hydrogen-bond acceptors (Lipinski definition) is 7. The van der Waals surface area contributed by atoms with E-state index in [1.807, 2.05) is 18.2 Å². The average Bonchev–Trinajstić information content (AvgIpc) is 3.46. The average molecular weight is 453 g/mol. The van der Waals surface area contributed by atoms with Crippen LogP contribution >= 0.6 is 0 Å². The third kappa shape index (κ3) is 3.28. The van der Waals surface area contributed by atoms with E-state index in [9.17, 15) is 9.50 Å². The number of imidazole rings is 1. The van der Waals surface area contributed by atoms with Crippen LogP contribution < -0.4 is 4.74 Å².